The Morgan fingerprint density at radius 1 is 0.688 bits per heavy atom. The van der Waals surface area contributed by atoms with Crippen LogP contribution in [-0.4, -0.2) is 41.0 Å². The van der Waals surface area contributed by atoms with Gasteiger partial charge in [0.1, 0.15) is 0 Å². The topological polar surface area (TPSA) is 36.9 Å². The van der Waals surface area contributed by atoms with Gasteiger partial charge in [-0.15, -0.1) is 0 Å². The molecule has 4 heteroatoms. The summed E-state index contributed by atoms with van der Waals surface area (Å²) in [4.78, 5) is 0. The summed E-state index contributed by atoms with van der Waals surface area (Å²) in [6, 6.07) is 0. The van der Waals surface area contributed by atoms with Gasteiger partial charge in [0, 0.05) is 40.3 Å². The van der Waals surface area contributed by atoms with Gasteiger partial charge >= 0.3 is 0 Å². The van der Waals surface area contributed by atoms with Gasteiger partial charge in [0.2, 0.25) is 0 Å². The van der Waals surface area contributed by atoms with Gasteiger partial charge in [0.25, 0.3) is 0 Å². The quantitative estimate of drug-likeness (QED) is 0.657. The van der Waals surface area contributed by atoms with Crippen LogP contribution in [0.5, 0.6) is 0 Å². The molecule has 0 spiro atoms. The molecule has 16 heavy (non-hydrogen) atoms. The molecule has 1 saturated carbocycles. The van der Waals surface area contributed by atoms with Crippen molar-refractivity contribution in [3.63, 3.8) is 0 Å². The molecule has 0 aromatic heterocycles. The van der Waals surface area contributed by atoms with Crippen LogP contribution in [0.25, 0.3) is 0 Å². The molecule has 0 bridgehead atoms. The average molecular weight is 232 g/mol. The smallest absolute Gasteiger partial charge is 0.160 e. The minimum absolute atomic E-state index is 0.155. The first-order valence-corrected chi connectivity index (χ1v) is 5.89. The van der Waals surface area contributed by atoms with Crippen LogP contribution < -0.4 is 0 Å². The lowest BCUT2D eigenvalue weighted by Crippen LogP contribution is -2.40. The molecule has 0 amide bonds. The van der Waals surface area contributed by atoms with E-state index in [1.54, 1.807) is 28.4 Å². The van der Waals surface area contributed by atoms with E-state index in [1.807, 2.05) is 0 Å². The van der Waals surface area contributed by atoms with Crippen LogP contribution in [0.4, 0.5) is 0 Å². The van der Waals surface area contributed by atoms with E-state index in [2.05, 4.69) is 0 Å². The highest BCUT2D eigenvalue weighted by Gasteiger charge is 2.37. The minimum atomic E-state index is -0.155. The summed E-state index contributed by atoms with van der Waals surface area (Å²) in [5.74, 6) is 0.710. The van der Waals surface area contributed by atoms with Crippen LogP contribution in [0.2, 0.25) is 0 Å². The van der Waals surface area contributed by atoms with Gasteiger partial charge in [0.05, 0.1) is 0 Å². The van der Waals surface area contributed by atoms with E-state index in [1.165, 1.54) is 12.8 Å². The lowest BCUT2D eigenvalue weighted by atomic mass is 9.78. The summed E-state index contributed by atoms with van der Waals surface area (Å²) in [5, 5.41) is 0. The molecule has 1 fully saturated rings. The molecule has 96 valence electrons. The Bertz CT molecular complexity index is 158. The molecule has 1 aliphatic rings. The fraction of sp³-hybridized carbons (Fsp3) is 1.00. The maximum absolute atomic E-state index is 5.38. The molecule has 1 rings (SSSR count). The lowest BCUT2D eigenvalue weighted by molar-refractivity contribution is -0.209. The van der Waals surface area contributed by atoms with Crippen LogP contribution >= 0.6 is 0 Å². The third-order valence-electron chi connectivity index (χ3n) is 3.50. The number of hydrogen-bond acceptors (Lipinski definition) is 4. The number of methoxy groups -OCH3 is 4. The monoisotopic (exact) mass is 232 g/mol. The van der Waals surface area contributed by atoms with Crippen LogP contribution in [0.15, 0.2) is 0 Å². The van der Waals surface area contributed by atoms with Crippen molar-refractivity contribution in [2.24, 2.45) is 11.8 Å². The van der Waals surface area contributed by atoms with Gasteiger partial charge in [-0.25, -0.2) is 0 Å². The molecule has 0 saturated heterocycles. The van der Waals surface area contributed by atoms with Gasteiger partial charge in [-0.1, -0.05) is 12.8 Å². The Balaban J connectivity index is 2.68. The Hall–Kier alpha value is -0.160. The second-order valence-corrected chi connectivity index (χ2v) is 4.29. The largest absolute Gasteiger partial charge is 0.356 e. The second-order valence-electron chi connectivity index (χ2n) is 4.29. The SMILES string of the molecule is COC(OC)C1CCCCC1C(OC)OC. The van der Waals surface area contributed by atoms with E-state index in [-0.39, 0.29) is 12.6 Å². The van der Waals surface area contributed by atoms with E-state index in [0.29, 0.717) is 11.8 Å². The Morgan fingerprint density at radius 2 is 1.00 bits per heavy atom. The number of ether oxygens (including phenoxy) is 4. The first-order valence-electron chi connectivity index (χ1n) is 5.89. The fourth-order valence-corrected chi connectivity index (χ4v) is 2.76. The van der Waals surface area contributed by atoms with Crippen molar-refractivity contribution in [2.75, 3.05) is 28.4 Å². The molecule has 0 aliphatic heterocycles. The predicted molar refractivity (Wildman–Crippen MR) is 61.1 cm³/mol. The zero-order chi connectivity index (χ0) is 12.0. The van der Waals surface area contributed by atoms with Gasteiger partial charge in [-0.3, -0.25) is 0 Å². The summed E-state index contributed by atoms with van der Waals surface area (Å²) in [5.41, 5.74) is 0. The van der Waals surface area contributed by atoms with E-state index >= 15 is 0 Å². The molecule has 4 nitrogen and oxygen atoms in total. The van der Waals surface area contributed by atoms with Crippen molar-refractivity contribution in [1.29, 1.82) is 0 Å². The highest BCUT2D eigenvalue weighted by molar-refractivity contribution is 4.80. The molecular weight excluding hydrogens is 208 g/mol. The average Bonchev–Trinajstić information content (AvgIpc) is 2.34. The summed E-state index contributed by atoms with van der Waals surface area (Å²) < 4.78 is 21.5. The van der Waals surface area contributed by atoms with E-state index < -0.39 is 0 Å². The zero-order valence-electron chi connectivity index (χ0n) is 10.8. The van der Waals surface area contributed by atoms with Crippen LogP contribution in [0, 0.1) is 11.8 Å². The molecule has 1 aliphatic carbocycles. The van der Waals surface area contributed by atoms with E-state index in [9.17, 15) is 0 Å². The van der Waals surface area contributed by atoms with Crippen LogP contribution in [-0.2, 0) is 18.9 Å². The normalized spacial score (nSPS) is 26.6. The Labute approximate surface area is 98.2 Å². The molecule has 2 unspecified atom stereocenters. The highest BCUT2D eigenvalue weighted by atomic mass is 16.7. The molecular formula is C12H24O4. The Kier molecular flexibility index (Phi) is 6.28. The lowest BCUT2D eigenvalue weighted by Gasteiger charge is -2.38. The number of hydrogen-bond donors (Lipinski definition) is 0. The van der Waals surface area contributed by atoms with Crippen molar-refractivity contribution in [2.45, 2.75) is 38.3 Å². The zero-order valence-corrected chi connectivity index (χ0v) is 10.8. The third kappa shape index (κ3) is 3.17. The van der Waals surface area contributed by atoms with Crippen molar-refractivity contribution in [3.05, 3.63) is 0 Å². The minimum Gasteiger partial charge on any atom is -0.356 e. The van der Waals surface area contributed by atoms with Gasteiger partial charge in [-0.2, -0.15) is 0 Å². The fourth-order valence-electron chi connectivity index (χ4n) is 2.76. The van der Waals surface area contributed by atoms with Gasteiger partial charge in [0.15, 0.2) is 12.6 Å². The third-order valence-corrected chi connectivity index (χ3v) is 3.50. The first kappa shape index (κ1) is 13.9. The summed E-state index contributed by atoms with van der Waals surface area (Å²) in [7, 11) is 6.76. The molecule has 0 N–H and O–H groups in total. The molecule has 0 aromatic rings. The van der Waals surface area contributed by atoms with E-state index in [0.717, 1.165) is 12.8 Å². The van der Waals surface area contributed by atoms with Crippen molar-refractivity contribution in [1.82, 2.24) is 0 Å². The van der Waals surface area contributed by atoms with Crippen LogP contribution in [0.1, 0.15) is 25.7 Å². The van der Waals surface area contributed by atoms with Crippen molar-refractivity contribution >= 4 is 0 Å². The maximum atomic E-state index is 5.38. The molecule has 0 radical (unpaired) electrons. The van der Waals surface area contributed by atoms with Crippen molar-refractivity contribution < 1.29 is 18.9 Å². The number of rotatable bonds is 6. The molecule has 2 atom stereocenters. The second kappa shape index (κ2) is 7.22. The summed E-state index contributed by atoms with van der Waals surface area (Å²) in [6.07, 6.45) is 4.37. The standard InChI is InChI=1S/C12H24O4/c1-13-11(14-2)9-7-5-6-8-10(9)12(15-3)16-4/h9-12H,5-8H2,1-4H3. The van der Waals surface area contributed by atoms with Gasteiger partial charge in [-0.05, 0) is 12.8 Å². The maximum Gasteiger partial charge on any atom is 0.160 e. The highest BCUT2D eigenvalue weighted by Crippen LogP contribution is 2.36. The molecule has 0 aromatic carbocycles. The Morgan fingerprint density at radius 3 is 1.25 bits per heavy atom. The predicted octanol–water partition coefficient (Wildman–Crippen LogP) is 2.03. The molecule has 0 heterocycles. The summed E-state index contributed by atoms with van der Waals surface area (Å²) in [6.45, 7) is 0. The van der Waals surface area contributed by atoms with Crippen LogP contribution in [0.3, 0.4) is 0 Å². The van der Waals surface area contributed by atoms with Crippen molar-refractivity contribution in [3.8, 4) is 0 Å². The summed E-state index contributed by atoms with van der Waals surface area (Å²) >= 11 is 0. The van der Waals surface area contributed by atoms with Gasteiger partial charge < -0.3 is 18.9 Å². The van der Waals surface area contributed by atoms with E-state index in [4.69, 9.17) is 18.9 Å². The first-order chi connectivity index (χ1) is 7.78.